The monoisotopic (exact) mass is 724 g/mol. The third kappa shape index (κ3) is 10.0. The quantitative estimate of drug-likeness (QED) is 0.209. The Morgan fingerprint density at radius 3 is 1.39 bits per heavy atom. The minimum absolute atomic E-state index is 0. The second kappa shape index (κ2) is 17.1. The van der Waals surface area contributed by atoms with Crippen molar-refractivity contribution in [3.8, 4) is 0 Å². The van der Waals surface area contributed by atoms with Crippen LogP contribution in [0.2, 0.25) is 0 Å². The van der Waals surface area contributed by atoms with Gasteiger partial charge in [-0.15, -0.1) is 39.7 Å². The van der Waals surface area contributed by atoms with Gasteiger partial charge in [-0.1, -0.05) is 79.8 Å². The van der Waals surface area contributed by atoms with Gasteiger partial charge in [0, 0.05) is 0 Å². The van der Waals surface area contributed by atoms with Gasteiger partial charge < -0.3 is 24.8 Å². The Hall–Kier alpha value is -2.44. The van der Waals surface area contributed by atoms with E-state index in [0.29, 0.717) is 11.3 Å². The minimum atomic E-state index is 0. The maximum absolute atomic E-state index is 3.35. The maximum Gasteiger partial charge on any atom is -1.00 e. The Morgan fingerprint density at radius 2 is 1.07 bits per heavy atom. The number of rotatable bonds is 3. The van der Waals surface area contributed by atoms with Gasteiger partial charge in [-0.3, -0.25) is 6.08 Å². The third-order valence-corrected chi connectivity index (χ3v) is 10.2. The first-order valence-electron chi connectivity index (χ1n) is 15.9. The number of aryl methyl sites for hydroxylation is 6. The molecule has 1 atom stereocenters. The fraction of sp³-hybridized carbons (Fsp3) is 0.302. The Morgan fingerprint density at radius 1 is 0.674 bits per heavy atom. The zero-order chi connectivity index (χ0) is 32.2. The van der Waals surface area contributed by atoms with Gasteiger partial charge in [-0.05, 0) is 27.7 Å². The van der Waals surface area contributed by atoms with E-state index in [4.69, 9.17) is 0 Å². The van der Waals surface area contributed by atoms with E-state index in [2.05, 4.69) is 166 Å². The number of halogens is 2. The molecule has 0 radical (unpaired) electrons. The summed E-state index contributed by atoms with van der Waals surface area (Å²) in [6.07, 6.45) is 9.00. The van der Waals surface area contributed by atoms with Crippen LogP contribution in [0.1, 0.15) is 78.6 Å². The predicted molar refractivity (Wildman–Crippen MR) is 191 cm³/mol. The van der Waals surface area contributed by atoms with Gasteiger partial charge in [-0.2, -0.15) is 11.6 Å². The van der Waals surface area contributed by atoms with E-state index in [1.54, 1.807) is 0 Å². The van der Waals surface area contributed by atoms with Crippen LogP contribution in [0.4, 0.5) is 0 Å². The van der Waals surface area contributed by atoms with Crippen LogP contribution in [-0.4, -0.2) is 3.21 Å². The number of hydrogen-bond acceptors (Lipinski definition) is 0. The fourth-order valence-electron chi connectivity index (χ4n) is 5.37. The molecule has 6 rings (SSSR count). The molecule has 0 aromatic heterocycles. The molecule has 1 aliphatic carbocycles. The van der Waals surface area contributed by atoms with Crippen LogP contribution in [0, 0.1) is 59.0 Å². The standard InChI is InChI=1S/C17H17.C15H14.C11H17.2ClH.Zr/c1-10-5-14-9-15-6-11(2)13(4)8-17(15)16(14)7-12(10)3;1-12-3-7-14(8-4-12)11-15-9-5-13(2)6-10-15;1-5-9-6-7-10(8-9)11(2,3)4;;;/h5-9H,1-4H3;3-10H,1-2H3;7-9H,5H2,1-4H3;2*1H;/q-1;;-1;;;+2/p-2. The van der Waals surface area contributed by atoms with Crippen LogP contribution in [-0.2, 0) is 24.2 Å². The van der Waals surface area contributed by atoms with E-state index in [1.165, 1.54) is 105 Å². The Labute approximate surface area is 305 Å². The first-order chi connectivity index (χ1) is 20.8. The molecular formula is C43H48Cl2Zr-2. The summed E-state index contributed by atoms with van der Waals surface area (Å²) in [4.78, 5) is 0. The molecule has 1 unspecified atom stereocenters. The SMILES string of the molecule is CCC1[C-]=CC(C(C)(C)C)=C1.Cc1cc2[cH-]c3cc(C)c(C)cc3c2cc1C.Cc1ccc([C](=[Zr+2])c2ccc(C)cc2)cc1.[Cl-].[Cl-]. The topological polar surface area (TPSA) is 0 Å². The first kappa shape index (κ1) is 39.7. The van der Waals surface area contributed by atoms with Gasteiger partial charge in [0.1, 0.15) is 0 Å². The van der Waals surface area contributed by atoms with E-state index in [1.807, 2.05) is 0 Å². The fourth-order valence-corrected chi connectivity index (χ4v) is 6.19. The number of fused-ring (bicyclic) bond motifs is 3. The van der Waals surface area contributed by atoms with Crippen LogP contribution in [0.3, 0.4) is 0 Å². The normalized spacial score (nSPS) is 13.6. The largest absolute Gasteiger partial charge is 1.00 e. The molecule has 0 nitrogen and oxygen atoms in total. The summed E-state index contributed by atoms with van der Waals surface area (Å²) in [5.41, 5.74) is 12.6. The second-order valence-corrected chi connectivity index (χ2v) is 14.7. The summed E-state index contributed by atoms with van der Waals surface area (Å²) in [5.74, 6) is 0.573. The van der Waals surface area contributed by atoms with Crippen molar-refractivity contribution in [3.05, 3.63) is 147 Å². The summed E-state index contributed by atoms with van der Waals surface area (Å²) in [7, 11) is 0. The molecule has 0 bridgehead atoms. The average Bonchev–Trinajstić information content (AvgIpc) is 3.60. The zero-order valence-electron chi connectivity index (χ0n) is 29.2. The van der Waals surface area contributed by atoms with Crippen molar-refractivity contribution in [3.63, 3.8) is 0 Å². The van der Waals surface area contributed by atoms with E-state index in [0.717, 1.165) is 0 Å². The molecule has 0 saturated heterocycles. The summed E-state index contributed by atoms with van der Waals surface area (Å²) in [5, 5.41) is 5.53. The summed E-state index contributed by atoms with van der Waals surface area (Å²) < 4.78 is 1.42. The van der Waals surface area contributed by atoms with Gasteiger partial charge >= 0.3 is 112 Å². The smallest absolute Gasteiger partial charge is 1.00 e. The molecule has 0 aliphatic heterocycles. The van der Waals surface area contributed by atoms with Crippen LogP contribution < -0.4 is 24.8 Å². The van der Waals surface area contributed by atoms with Crippen LogP contribution in [0.25, 0.3) is 21.5 Å². The first-order valence-corrected chi connectivity index (χ1v) is 17.1. The number of benzene rings is 4. The van der Waals surface area contributed by atoms with Gasteiger partial charge in [0.15, 0.2) is 0 Å². The van der Waals surface area contributed by atoms with Crippen molar-refractivity contribution in [1.29, 1.82) is 0 Å². The van der Waals surface area contributed by atoms with Crippen molar-refractivity contribution in [2.45, 2.75) is 75.7 Å². The van der Waals surface area contributed by atoms with Crippen molar-refractivity contribution < 1.29 is 49.0 Å². The average molecular weight is 727 g/mol. The van der Waals surface area contributed by atoms with Crippen molar-refractivity contribution in [2.75, 3.05) is 0 Å². The van der Waals surface area contributed by atoms with E-state index in [-0.39, 0.29) is 24.8 Å². The van der Waals surface area contributed by atoms with Crippen molar-refractivity contribution >= 4 is 24.8 Å². The predicted octanol–water partition coefficient (Wildman–Crippen LogP) is 5.73. The molecule has 3 heteroatoms. The Kier molecular flexibility index (Phi) is 14.8. The third-order valence-electron chi connectivity index (χ3n) is 8.75. The molecule has 240 valence electrons. The van der Waals surface area contributed by atoms with Crippen LogP contribution in [0.15, 0.2) is 96.6 Å². The number of allylic oxidation sites excluding steroid dienone is 4. The van der Waals surface area contributed by atoms with E-state index < -0.39 is 0 Å². The summed E-state index contributed by atoms with van der Waals surface area (Å²) in [6.45, 7) is 21.9. The summed E-state index contributed by atoms with van der Waals surface area (Å²) >= 11 is 1.46. The molecule has 0 heterocycles. The maximum atomic E-state index is 3.35. The molecule has 0 amide bonds. The molecule has 0 fully saturated rings. The summed E-state index contributed by atoms with van der Waals surface area (Å²) in [6, 6.07) is 29.1. The van der Waals surface area contributed by atoms with Gasteiger partial charge in [-0.25, -0.2) is 6.08 Å². The van der Waals surface area contributed by atoms with Crippen LogP contribution >= 0.6 is 0 Å². The van der Waals surface area contributed by atoms with E-state index in [9.17, 15) is 0 Å². The molecule has 5 aromatic rings. The zero-order valence-corrected chi connectivity index (χ0v) is 33.2. The van der Waals surface area contributed by atoms with E-state index >= 15 is 0 Å². The van der Waals surface area contributed by atoms with Crippen molar-refractivity contribution in [1.82, 2.24) is 0 Å². The Bertz CT molecular complexity index is 1720. The minimum Gasteiger partial charge on any atom is -1.00 e. The molecule has 0 spiro atoms. The molecule has 0 N–H and O–H groups in total. The second-order valence-electron chi connectivity index (χ2n) is 13.5. The van der Waals surface area contributed by atoms with Gasteiger partial charge in [0.25, 0.3) is 0 Å². The molecule has 0 saturated carbocycles. The Balaban J connectivity index is 0.000000241. The molecule has 1 aliphatic rings. The molecule has 5 aromatic carbocycles. The molecule has 46 heavy (non-hydrogen) atoms. The van der Waals surface area contributed by atoms with Crippen molar-refractivity contribution in [2.24, 2.45) is 11.3 Å². The number of hydrogen-bond donors (Lipinski definition) is 0. The van der Waals surface area contributed by atoms with Gasteiger partial charge in [0.2, 0.25) is 0 Å². The van der Waals surface area contributed by atoms with Crippen LogP contribution in [0.5, 0.6) is 0 Å². The molecular weight excluding hydrogens is 679 g/mol. The van der Waals surface area contributed by atoms with Gasteiger partial charge in [0.05, 0.1) is 0 Å².